The molecule has 2 aromatic rings. The third-order valence-corrected chi connectivity index (χ3v) is 4.17. The maximum Gasteiger partial charge on any atom is 0.389 e. The quantitative estimate of drug-likeness (QED) is 0.867. The Morgan fingerprint density at radius 1 is 1.30 bits per heavy atom. The molecule has 0 radical (unpaired) electrons. The van der Waals surface area contributed by atoms with E-state index in [9.17, 15) is 13.2 Å². The highest BCUT2D eigenvalue weighted by Gasteiger charge is 2.26. The molecule has 1 aliphatic rings. The summed E-state index contributed by atoms with van der Waals surface area (Å²) in [6, 6.07) is 7.89. The van der Waals surface area contributed by atoms with Gasteiger partial charge in [0, 0.05) is 24.9 Å². The fourth-order valence-corrected chi connectivity index (χ4v) is 3.00. The molecule has 1 saturated heterocycles. The van der Waals surface area contributed by atoms with Crippen molar-refractivity contribution in [2.24, 2.45) is 0 Å². The number of para-hydroxylation sites is 2. The van der Waals surface area contributed by atoms with E-state index in [0.29, 0.717) is 18.5 Å². The number of anilines is 1. The predicted octanol–water partition coefficient (Wildman–Crippen LogP) is 4.03. The first-order chi connectivity index (χ1) is 13.0. The molecule has 1 aromatic carbocycles. The summed E-state index contributed by atoms with van der Waals surface area (Å²) in [7, 11) is 0. The van der Waals surface area contributed by atoms with Crippen LogP contribution in [0.3, 0.4) is 0 Å². The molecule has 0 atom stereocenters. The van der Waals surface area contributed by atoms with Crippen molar-refractivity contribution in [1.29, 1.82) is 0 Å². The minimum absolute atomic E-state index is 0.0603. The first-order valence-electron chi connectivity index (χ1n) is 10.0. The zero-order valence-corrected chi connectivity index (χ0v) is 12.9. The topological polar surface area (TPSA) is 41.9 Å². The molecule has 3 rings (SSSR count). The second-order valence-electron chi connectivity index (χ2n) is 5.96. The molecule has 130 valence electrons. The van der Waals surface area contributed by atoms with Gasteiger partial charge in [-0.15, -0.1) is 0 Å². The van der Waals surface area contributed by atoms with E-state index in [2.05, 4.69) is 15.6 Å². The fourth-order valence-electron chi connectivity index (χ4n) is 3.00. The van der Waals surface area contributed by atoms with Crippen LogP contribution in [0.2, 0.25) is 0 Å². The van der Waals surface area contributed by atoms with E-state index in [0.717, 1.165) is 37.0 Å². The van der Waals surface area contributed by atoms with Crippen molar-refractivity contribution in [3.05, 3.63) is 24.3 Å². The van der Waals surface area contributed by atoms with Crippen molar-refractivity contribution in [3.63, 3.8) is 0 Å². The van der Waals surface area contributed by atoms with Crippen LogP contribution in [0.1, 0.15) is 31.6 Å². The Balaban J connectivity index is 0.000000855. The third kappa shape index (κ3) is 4.16. The first-order valence-corrected chi connectivity index (χ1v) is 8.02. The minimum Gasteiger partial charge on any atom is -0.353 e. The monoisotopic (exact) mass is 334 g/mol. The maximum atomic E-state index is 12.4. The Morgan fingerprint density at radius 2 is 2.04 bits per heavy atom. The van der Waals surface area contributed by atoms with Crippen LogP contribution < -0.4 is 10.6 Å². The summed E-state index contributed by atoms with van der Waals surface area (Å²) in [5.74, 6) is 0.681. The van der Waals surface area contributed by atoms with Gasteiger partial charge in [-0.2, -0.15) is 13.2 Å². The van der Waals surface area contributed by atoms with E-state index in [4.69, 9.17) is 5.94 Å². The lowest BCUT2D eigenvalue weighted by molar-refractivity contribution is -0.135. The molecular weight excluding hydrogens is 305 g/mol. The zero-order valence-electron chi connectivity index (χ0n) is 16.9. The fraction of sp³-hybridized carbons (Fsp3) is 0.562. The van der Waals surface area contributed by atoms with Gasteiger partial charge < -0.3 is 15.2 Å². The van der Waals surface area contributed by atoms with Crippen LogP contribution in [-0.4, -0.2) is 34.9 Å². The van der Waals surface area contributed by atoms with Crippen molar-refractivity contribution in [2.45, 2.75) is 44.4 Å². The Bertz CT molecular complexity index is 661. The number of hydrogen-bond donors (Lipinski definition) is 2. The normalized spacial score (nSPS) is 17.5. The maximum absolute atomic E-state index is 12.4. The molecule has 1 aliphatic heterocycles. The summed E-state index contributed by atoms with van der Waals surface area (Å²) in [6.45, 7) is 2.21. The summed E-state index contributed by atoms with van der Waals surface area (Å²) in [5.41, 5.74) is 1.70. The van der Waals surface area contributed by atoms with Crippen LogP contribution in [0.25, 0.3) is 11.0 Å². The molecule has 2 N–H and O–H groups in total. The number of aromatic nitrogens is 2. The average molecular weight is 334 g/mol. The van der Waals surface area contributed by atoms with Gasteiger partial charge in [-0.3, -0.25) is 0 Å². The molecule has 0 amide bonds. The number of nitrogens with zero attached hydrogens (tertiary/aromatic N) is 2. The van der Waals surface area contributed by atoms with E-state index in [1.807, 2.05) is 28.8 Å². The number of rotatable bonds is 5. The SMILES string of the molecule is FC(F)(F)CCCn1c(NC2CCNCC2)nc2ccccc21.[2H][2H].[2H][2H]. The molecular formula is C16H25F3N4. The summed E-state index contributed by atoms with van der Waals surface area (Å²) in [4.78, 5) is 4.57. The predicted molar refractivity (Wildman–Crippen MR) is 88.8 cm³/mol. The average Bonchev–Trinajstić information content (AvgIpc) is 3.02. The van der Waals surface area contributed by atoms with Crippen molar-refractivity contribution in [3.8, 4) is 0 Å². The van der Waals surface area contributed by atoms with Gasteiger partial charge in [0.2, 0.25) is 5.95 Å². The van der Waals surface area contributed by atoms with Crippen molar-refractivity contribution in [1.82, 2.24) is 14.9 Å². The lowest BCUT2D eigenvalue weighted by Gasteiger charge is -2.24. The highest BCUT2D eigenvalue weighted by atomic mass is 19.4. The highest BCUT2D eigenvalue weighted by molar-refractivity contribution is 5.78. The van der Waals surface area contributed by atoms with Crippen LogP contribution in [-0.2, 0) is 6.54 Å². The zero-order chi connectivity index (χ0) is 20.3. The number of piperidine rings is 1. The molecule has 0 bridgehead atoms. The molecule has 4 nitrogen and oxygen atoms in total. The Labute approximate surface area is 139 Å². The van der Waals surface area contributed by atoms with Gasteiger partial charge in [-0.05, 0) is 44.5 Å². The Hall–Kier alpha value is -1.76. The third-order valence-electron chi connectivity index (χ3n) is 4.17. The summed E-state index contributed by atoms with van der Waals surface area (Å²) in [5, 5.41) is 6.72. The minimum atomic E-state index is -4.11. The second-order valence-corrected chi connectivity index (χ2v) is 5.96. The van der Waals surface area contributed by atoms with Crippen LogP contribution in [0.4, 0.5) is 19.1 Å². The van der Waals surface area contributed by atoms with Gasteiger partial charge in [-0.1, -0.05) is 12.1 Å². The number of aryl methyl sites for hydroxylation is 1. The first kappa shape index (κ1) is 13.7. The van der Waals surface area contributed by atoms with Gasteiger partial charge in [-0.25, -0.2) is 4.98 Å². The molecule has 0 unspecified atom stereocenters. The summed E-state index contributed by atoms with van der Waals surface area (Å²) in [6.07, 6.45) is -2.84. The number of alkyl halides is 3. The lowest BCUT2D eigenvalue weighted by atomic mass is 10.1. The standard InChI is InChI=1S/C16H21F3N4.2H2/c17-16(18,19)8-3-11-23-14-5-2-1-4-13(14)22-15(23)21-12-6-9-20-10-7-12;;/h1-2,4-5,12,20H,3,6-11H2,(H,21,22);2*1H/i;2*1+1D. The van der Waals surface area contributed by atoms with E-state index in [1.54, 1.807) is 0 Å². The second kappa shape index (κ2) is 6.78. The van der Waals surface area contributed by atoms with Gasteiger partial charge in [0.05, 0.1) is 11.0 Å². The van der Waals surface area contributed by atoms with E-state index < -0.39 is 12.6 Å². The number of fused-ring (bicyclic) bond motifs is 1. The number of nitrogens with one attached hydrogen (secondary N) is 2. The number of hydrogen-bond acceptors (Lipinski definition) is 3. The molecule has 1 aromatic heterocycles. The van der Waals surface area contributed by atoms with Crippen molar-refractivity contribution in [2.75, 3.05) is 18.4 Å². The van der Waals surface area contributed by atoms with Gasteiger partial charge in [0.15, 0.2) is 0 Å². The highest BCUT2D eigenvalue weighted by Crippen LogP contribution is 2.25. The van der Waals surface area contributed by atoms with E-state index >= 15 is 0 Å². The molecule has 2 heterocycles. The number of imidazole rings is 1. The largest absolute Gasteiger partial charge is 0.389 e. The molecule has 7 heteroatoms. The van der Waals surface area contributed by atoms with E-state index in [1.165, 1.54) is 0 Å². The van der Waals surface area contributed by atoms with Gasteiger partial charge in [0.1, 0.15) is 0 Å². The molecule has 1 fully saturated rings. The van der Waals surface area contributed by atoms with Crippen LogP contribution in [0.5, 0.6) is 0 Å². The number of benzene rings is 1. The van der Waals surface area contributed by atoms with Gasteiger partial charge >= 0.3 is 6.18 Å². The summed E-state index contributed by atoms with van der Waals surface area (Å²) < 4.78 is 59.2. The van der Waals surface area contributed by atoms with E-state index in [-0.39, 0.29) is 6.42 Å². The van der Waals surface area contributed by atoms with Crippen LogP contribution in [0, 0.1) is 0 Å². The molecule has 0 spiro atoms. The van der Waals surface area contributed by atoms with Crippen LogP contribution >= 0.6 is 0 Å². The lowest BCUT2D eigenvalue weighted by Crippen LogP contribution is -2.36. The van der Waals surface area contributed by atoms with Crippen LogP contribution in [0.15, 0.2) is 24.3 Å². The molecule has 0 aliphatic carbocycles. The van der Waals surface area contributed by atoms with Crippen molar-refractivity contribution < 1.29 is 19.1 Å². The number of halogens is 3. The van der Waals surface area contributed by atoms with Crippen molar-refractivity contribution >= 4 is 17.0 Å². The summed E-state index contributed by atoms with van der Waals surface area (Å²) >= 11 is 0. The molecule has 0 saturated carbocycles. The Kier molecular flexibility index (Phi) is 4.03. The van der Waals surface area contributed by atoms with Gasteiger partial charge in [0.25, 0.3) is 0 Å². The Morgan fingerprint density at radius 3 is 2.78 bits per heavy atom. The molecule has 23 heavy (non-hydrogen) atoms. The smallest absolute Gasteiger partial charge is 0.353 e.